The van der Waals surface area contributed by atoms with Gasteiger partial charge in [-0.05, 0) is 192 Å². The highest BCUT2D eigenvalue weighted by molar-refractivity contribution is 6.16. The van der Waals surface area contributed by atoms with E-state index in [9.17, 15) is 4.79 Å². The van der Waals surface area contributed by atoms with Gasteiger partial charge in [-0.1, -0.05) is 369 Å². The number of fused-ring (bicyclic) bond motifs is 18. The highest BCUT2D eigenvalue weighted by atomic mass is 16.1. The molecule has 10 heteroatoms. The second-order valence-corrected chi connectivity index (χ2v) is 36.8. The number of nitrogens with zero attached hydrogens (tertiary/aromatic N) is 9. The van der Waals surface area contributed by atoms with E-state index >= 15 is 0 Å². The summed E-state index contributed by atoms with van der Waals surface area (Å²) in [5.74, 6) is 3.91. The van der Waals surface area contributed by atoms with Crippen LogP contribution in [0.4, 0.5) is 0 Å². The SMILES string of the molecule is CC1(C)c2ccccc2-c2cc3c(cc21)c1cc(-c2ccccc2)ccc1n3-c1nc(-c2ccccc2)nc(-c2ccccc2)n1.CC1(C)c2ccccc2-c2cc3c(cc21)c1cc(-c2nc(-c4ccccc4)nc(-c4ccccc4)n2)ccc1n3-c1ccccc1.CC1(C)c2ccccc2-c2cc3c(cc21)c1ccccc1n3-c1cccc(-c2cccc(C(=O)c3ccccc3)c2)c1. The van der Waals surface area contributed by atoms with E-state index in [1.54, 1.807) is 0 Å². The summed E-state index contributed by atoms with van der Waals surface area (Å²) in [6.45, 7) is 14.0. The molecule has 26 rings (SSSR count). The molecule has 0 N–H and O–H groups in total. The normalized spacial score (nSPS) is 13.2. The number of benzene rings is 18. The molecule has 23 aromatic rings. The van der Waals surface area contributed by atoms with Crippen LogP contribution in [0.3, 0.4) is 0 Å². The zero-order chi connectivity index (χ0) is 90.1. The molecule has 5 heterocycles. The highest BCUT2D eigenvalue weighted by Gasteiger charge is 2.40. The van der Waals surface area contributed by atoms with Gasteiger partial charge in [-0.15, -0.1) is 0 Å². The maximum Gasteiger partial charge on any atom is 0.238 e. The lowest BCUT2D eigenvalue weighted by molar-refractivity contribution is 0.103. The molecule has 0 fully saturated rings. The molecule has 0 spiro atoms. The average molecular weight is 1720 g/mol. The van der Waals surface area contributed by atoms with Crippen molar-refractivity contribution in [3.63, 3.8) is 0 Å². The molecule has 3 aliphatic rings. The molecule has 3 aliphatic carbocycles. The Morgan fingerprint density at radius 2 is 0.500 bits per heavy atom. The topological polar surface area (TPSA) is 109 Å². The first-order valence-corrected chi connectivity index (χ1v) is 45.9. The molecule has 5 aromatic heterocycles. The van der Waals surface area contributed by atoms with Crippen molar-refractivity contribution in [3.05, 3.63) is 475 Å². The molecular weight excluding hydrogens is 1630 g/mol. The summed E-state index contributed by atoms with van der Waals surface area (Å²) < 4.78 is 7.01. The fourth-order valence-corrected chi connectivity index (χ4v) is 21.1. The Balaban J connectivity index is 0.000000111. The summed E-state index contributed by atoms with van der Waals surface area (Å²) in [6, 6.07) is 151. The standard InChI is InChI=1S/2C42H30N4.C40H29NO/c1-42(2)35-21-13-12-20-31(35)32-26-38-34(25-36(32)42)33-24-29(22-23-37(33)46(38)30-18-10-5-11-19-30)41-44-39(27-14-6-3-7-15-27)43-40(45-41)28-16-8-4-9-17-28;1-42(2)35-21-13-12-20-31(35)32-26-38-34(25-36(32)42)33-24-30(27-14-6-3-7-15-27)22-23-37(33)46(38)41-44-39(28-16-8-4-9-17-28)43-40(45-41)29-18-10-5-11-19-29;1-40(2)35-20-8-6-18-31(35)33-25-38-34(24-36(33)40)32-19-7-9-21-37(32)41(38)30-17-11-15-28(23-30)27-14-10-16-29(22-27)39(42)26-12-4-3-5-13-26/h2*3-26H,1-2H3;3-25H,1-2H3. The lowest BCUT2D eigenvalue weighted by Crippen LogP contribution is -2.14. The molecule has 0 aliphatic heterocycles. The van der Waals surface area contributed by atoms with E-state index in [0.717, 1.165) is 66.9 Å². The van der Waals surface area contributed by atoms with Gasteiger partial charge in [0.25, 0.3) is 0 Å². The Morgan fingerprint density at radius 3 is 0.978 bits per heavy atom. The van der Waals surface area contributed by atoms with Crippen molar-refractivity contribution in [2.45, 2.75) is 57.8 Å². The number of hydrogen-bond donors (Lipinski definition) is 0. The van der Waals surface area contributed by atoms with Gasteiger partial charge in [0, 0.05) is 98.9 Å². The third-order valence-corrected chi connectivity index (χ3v) is 27.9. The molecule has 636 valence electrons. The van der Waals surface area contributed by atoms with Crippen molar-refractivity contribution in [2.24, 2.45) is 0 Å². The van der Waals surface area contributed by atoms with Crippen LogP contribution in [0.2, 0.25) is 0 Å². The number of rotatable bonds is 12. The lowest BCUT2D eigenvalue weighted by atomic mass is 9.82. The molecular formula is C124H89N9O. The van der Waals surface area contributed by atoms with Gasteiger partial charge in [0.2, 0.25) is 5.95 Å². The highest BCUT2D eigenvalue weighted by Crippen LogP contribution is 2.55. The van der Waals surface area contributed by atoms with E-state index in [1.165, 1.54) is 127 Å². The first-order valence-electron chi connectivity index (χ1n) is 45.9. The third kappa shape index (κ3) is 13.5. The fraction of sp³-hybridized carbons (Fsp3) is 0.0726. The lowest BCUT2D eigenvalue weighted by Gasteiger charge is -2.21. The van der Waals surface area contributed by atoms with Gasteiger partial charge in [-0.25, -0.2) is 19.9 Å². The van der Waals surface area contributed by atoms with Crippen molar-refractivity contribution in [3.8, 4) is 130 Å². The van der Waals surface area contributed by atoms with Crippen LogP contribution in [0.25, 0.3) is 195 Å². The number of ketones is 1. The predicted octanol–water partition coefficient (Wildman–Crippen LogP) is 30.5. The minimum absolute atomic E-state index is 0.0352. The minimum Gasteiger partial charge on any atom is -0.309 e. The summed E-state index contributed by atoms with van der Waals surface area (Å²) in [5, 5.41) is 7.29. The molecule has 0 saturated heterocycles. The second-order valence-electron chi connectivity index (χ2n) is 36.8. The maximum absolute atomic E-state index is 13.2. The van der Waals surface area contributed by atoms with Gasteiger partial charge >= 0.3 is 0 Å². The van der Waals surface area contributed by atoms with Gasteiger partial charge in [0.05, 0.1) is 33.1 Å². The van der Waals surface area contributed by atoms with Crippen molar-refractivity contribution in [1.29, 1.82) is 0 Å². The summed E-state index contributed by atoms with van der Waals surface area (Å²) in [4.78, 5) is 43.5. The zero-order valence-corrected chi connectivity index (χ0v) is 74.9. The fourth-order valence-electron chi connectivity index (χ4n) is 21.1. The van der Waals surface area contributed by atoms with Crippen LogP contribution in [0.15, 0.2) is 431 Å². The Labute approximate surface area is 777 Å². The predicted molar refractivity (Wildman–Crippen MR) is 550 cm³/mol. The Kier molecular flexibility index (Phi) is 19.2. The van der Waals surface area contributed by atoms with Crippen LogP contribution in [0.5, 0.6) is 0 Å². The minimum atomic E-state index is -0.111. The number of carbonyl (C=O) groups is 1. The first-order chi connectivity index (χ1) is 65.6. The largest absolute Gasteiger partial charge is 0.309 e. The van der Waals surface area contributed by atoms with E-state index in [-0.39, 0.29) is 22.0 Å². The Morgan fingerprint density at radius 1 is 0.194 bits per heavy atom. The third-order valence-electron chi connectivity index (χ3n) is 27.9. The van der Waals surface area contributed by atoms with E-state index in [0.29, 0.717) is 46.2 Å². The molecule has 0 amide bonds. The number of carbonyl (C=O) groups excluding carboxylic acids is 1. The van der Waals surface area contributed by atoms with Crippen LogP contribution < -0.4 is 0 Å². The monoisotopic (exact) mass is 1720 g/mol. The zero-order valence-electron chi connectivity index (χ0n) is 74.9. The maximum atomic E-state index is 13.2. The van der Waals surface area contributed by atoms with Crippen LogP contribution in [0.1, 0.15) is 90.8 Å². The van der Waals surface area contributed by atoms with Gasteiger partial charge in [-0.2, -0.15) is 9.97 Å². The first kappa shape index (κ1) is 80.4. The van der Waals surface area contributed by atoms with Crippen molar-refractivity contribution >= 4 is 71.2 Å². The molecule has 10 nitrogen and oxygen atoms in total. The van der Waals surface area contributed by atoms with Crippen molar-refractivity contribution in [2.75, 3.05) is 0 Å². The molecule has 0 unspecified atom stereocenters. The van der Waals surface area contributed by atoms with Crippen molar-refractivity contribution < 1.29 is 4.79 Å². The van der Waals surface area contributed by atoms with Crippen LogP contribution in [-0.4, -0.2) is 49.4 Å². The molecule has 0 bridgehead atoms. The van der Waals surface area contributed by atoms with Crippen LogP contribution >= 0.6 is 0 Å². The van der Waals surface area contributed by atoms with Gasteiger partial charge in [0.1, 0.15) is 0 Å². The molecule has 0 atom stereocenters. The number of aromatic nitrogens is 9. The van der Waals surface area contributed by atoms with Crippen molar-refractivity contribution in [1.82, 2.24) is 43.6 Å². The number of para-hydroxylation sites is 2. The van der Waals surface area contributed by atoms with Crippen LogP contribution in [0, 0.1) is 0 Å². The summed E-state index contributed by atoms with van der Waals surface area (Å²) in [5.41, 5.74) is 35.5. The molecule has 134 heavy (non-hydrogen) atoms. The Hall–Kier alpha value is -17.0. The van der Waals surface area contributed by atoms with E-state index in [4.69, 9.17) is 29.9 Å². The van der Waals surface area contributed by atoms with E-state index in [1.807, 2.05) is 146 Å². The van der Waals surface area contributed by atoms with E-state index in [2.05, 4.69) is 340 Å². The molecule has 0 saturated carbocycles. The molecule has 18 aromatic carbocycles. The summed E-state index contributed by atoms with van der Waals surface area (Å²) >= 11 is 0. The van der Waals surface area contributed by atoms with E-state index < -0.39 is 0 Å². The second kappa shape index (κ2) is 32.0. The van der Waals surface area contributed by atoms with Gasteiger partial charge in [0.15, 0.2) is 34.9 Å². The summed E-state index contributed by atoms with van der Waals surface area (Å²) in [6.07, 6.45) is 0. The van der Waals surface area contributed by atoms with Gasteiger partial charge < -0.3 is 9.13 Å². The molecule has 0 radical (unpaired) electrons. The quantitative estimate of drug-likeness (QED) is 0.112. The van der Waals surface area contributed by atoms with Gasteiger partial charge in [-0.3, -0.25) is 9.36 Å². The van der Waals surface area contributed by atoms with Crippen LogP contribution in [-0.2, 0) is 16.2 Å². The Bertz CT molecular complexity index is 8520. The smallest absolute Gasteiger partial charge is 0.238 e. The summed E-state index contributed by atoms with van der Waals surface area (Å²) in [7, 11) is 0. The number of hydrogen-bond acceptors (Lipinski definition) is 7. The average Bonchev–Trinajstić information content (AvgIpc) is 1.55.